The Labute approximate surface area is 74.5 Å². The molecule has 2 N–H and O–H groups in total. The number of nitrogens with two attached hydrogens (primary N) is 1. The Balaban J connectivity index is 2.88. The number of halogens is 2. The second-order valence-electron chi connectivity index (χ2n) is 2.58. The Morgan fingerprint density at radius 1 is 1.54 bits per heavy atom. The molecule has 0 aromatic carbocycles. The van der Waals surface area contributed by atoms with E-state index in [2.05, 4.69) is 4.98 Å². The molecule has 0 amide bonds. The molecule has 1 heterocycles. The van der Waals surface area contributed by atoms with Crippen molar-refractivity contribution in [1.29, 1.82) is 0 Å². The number of aromatic nitrogens is 1. The third-order valence-electron chi connectivity index (χ3n) is 1.59. The number of nitrogens with zero attached hydrogens (tertiary/aromatic N) is 1. The molecule has 0 aliphatic carbocycles. The van der Waals surface area contributed by atoms with Crippen LogP contribution in [0.25, 0.3) is 0 Å². The molecule has 0 saturated carbocycles. The summed E-state index contributed by atoms with van der Waals surface area (Å²) < 4.78 is 30.0. The van der Waals surface area contributed by atoms with E-state index < -0.39 is 17.9 Å². The summed E-state index contributed by atoms with van der Waals surface area (Å²) in [5.41, 5.74) is 5.68. The summed E-state index contributed by atoms with van der Waals surface area (Å²) >= 11 is 0. The average Bonchev–Trinajstić information content (AvgIpc) is 2.04. The summed E-state index contributed by atoms with van der Waals surface area (Å²) in [6.07, 6.45) is 0. The molecule has 0 aliphatic heterocycles. The first-order valence-electron chi connectivity index (χ1n) is 3.71. The summed E-state index contributed by atoms with van der Waals surface area (Å²) in [7, 11) is 1.45. The van der Waals surface area contributed by atoms with Gasteiger partial charge in [0.05, 0.1) is 12.6 Å². The Morgan fingerprint density at radius 3 is 2.77 bits per heavy atom. The van der Waals surface area contributed by atoms with E-state index >= 15 is 0 Å². The van der Waals surface area contributed by atoms with Gasteiger partial charge < -0.3 is 10.5 Å². The van der Waals surface area contributed by atoms with Gasteiger partial charge in [0.1, 0.15) is 0 Å². The lowest BCUT2D eigenvalue weighted by Crippen LogP contribution is -2.18. The van der Waals surface area contributed by atoms with Gasteiger partial charge in [-0.05, 0) is 12.1 Å². The molecular formula is C8H10F2N2O. The van der Waals surface area contributed by atoms with Gasteiger partial charge >= 0.3 is 0 Å². The lowest BCUT2D eigenvalue weighted by atomic mass is 10.1. The van der Waals surface area contributed by atoms with E-state index in [0.29, 0.717) is 0 Å². The van der Waals surface area contributed by atoms with Gasteiger partial charge in [-0.3, -0.25) is 0 Å². The Hall–Kier alpha value is -1.07. The first-order valence-corrected chi connectivity index (χ1v) is 3.71. The van der Waals surface area contributed by atoms with Crippen LogP contribution in [0.3, 0.4) is 0 Å². The third kappa shape index (κ3) is 2.43. The van der Waals surface area contributed by atoms with Gasteiger partial charge in [-0.1, -0.05) is 0 Å². The van der Waals surface area contributed by atoms with Crippen LogP contribution in [0, 0.1) is 11.9 Å². The normalized spacial score (nSPS) is 12.9. The Kier molecular flexibility index (Phi) is 3.27. The molecule has 1 aromatic heterocycles. The molecule has 5 heteroatoms. The maximum Gasteiger partial charge on any atom is 0.220 e. The van der Waals surface area contributed by atoms with Crippen LogP contribution in [0.4, 0.5) is 8.78 Å². The average molecular weight is 188 g/mol. The minimum Gasteiger partial charge on any atom is -0.383 e. The zero-order valence-corrected chi connectivity index (χ0v) is 7.13. The topological polar surface area (TPSA) is 48.1 Å². The van der Waals surface area contributed by atoms with Gasteiger partial charge in [-0.25, -0.2) is 0 Å². The van der Waals surface area contributed by atoms with E-state index in [4.69, 9.17) is 10.5 Å². The van der Waals surface area contributed by atoms with Crippen molar-refractivity contribution in [2.24, 2.45) is 5.73 Å². The van der Waals surface area contributed by atoms with Gasteiger partial charge in [0.2, 0.25) is 11.9 Å². The van der Waals surface area contributed by atoms with Gasteiger partial charge in [-0.15, -0.1) is 0 Å². The van der Waals surface area contributed by atoms with Crippen LogP contribution in [0.2, 0.25) is 0 Å². The fraction of sp³-hybridized carbons (Fsp3) is 0.375. The van der Waals surface area contributed by atoms with Crippen molar-refractivity contribution >= 4 is 0 Å². The van der Waals surface area contributed by atoms with Crippen molar-refractivity contribution in [2.45, 2.75) is 6.04 Å². The van der Waals surface area contributed by atoms with Crippen LogP contribution in [0.1, 0.15) is 11.6 Å². The molecule has 1 rings (SSSR count). The van der Waals surface area contributed by atoms with E-state index in [-0.39, 0.29) is 12.2 Å². The fourth-order valence-corrected chi connectivity index (χ4v) is 0.969. The van der Waals surface area contributed by atoms with Crippen molar-refractivity contribution in [3.8, 4) is 0 Å². The number of pyridine rings is 1. The third-order valence-corrected chi connectivity index (χ3v) is 1.59. The molecule has 72 valence electrons. The fourth-order valence-electron chi connectivity index (χ4n) is 0.969. The lowest BCUT2D eigenvalue weighted by molar-refractivity contribution is 0.179. The van der Waals surface area contributed by atoms with Crippen LogP contribution in [-0.4, -0.2) is 18.7 Å². The quantitative estimate of drug-likeness (QED) is 0.720. The van der Waals surface area contributed by atoms with Crippen molar-refractivity contribution in [3.63, 3.8) is 0 Å². The molecule has 0 saturated heterocycles. The smallest absolute Gasteiger partial charge is 0.220 e. The molecule has 0 radical (unpaired) electrons. The van der Waals surface area contributed by atoms with Gasteiger partial charge in [0.15, 0.2) is 0 Å². The molecule has 0 unspecified atom stereocenters. The standard InChI is InChI=1S/C8H10F2N2O/c1-13-4-6(11)5-2-3-7(9)12-8(5)10/h2-3,6H,4,11H2,1H3/t6-/m1/s1. The minimum atomic E-state index is -0.885. The van der Waals surface area contributed by atoms with Crippen molar-refractivity contribution in [2.75, 3.05) is 13.7 Å². The molecule has 1 aromatic rings. The van der Waals surface area contributed by atoms with E-state index in [1.807, 2.05) is 0 Å². The largest absolute Gasteiger partial charge is 0.383 e. The number of ether oxygens (including phenoxy) is 1. The first kappa shape index (κ1) is 10.0. The monoisotopic (exact) mass is 188 g/mol. The van der Waals surface area contributed by atoms with Crippen LogP contribution < -0.4 is 5.73 Å². The van der Waals surface area contributed by atoms with Crippen molar-refractivity contribution < 1.29 is 13.5 Å². The summed E-state index contributed by atoms with van der Waals surface area (Å²) in [4.78, 5) is 3.01. The van der Waals surface area contributed by atoms with E-state index in [1.54, 1.807) is 0 Å². The maximum atomic E-state index is 12.9. The molecule has 0 bridgehead atoms. The maximum absolute atomic E-state index is 12.9. The van der Waals surface area contributed by atoms with Gasteiger partial charge in [0.25, 0.3) is 0 Å². The van der Waals surface area contributed by atoms with Gasteiger partial charge in [0, 0.05) is 12.7 Å². The second kappa shape index (κ2) is 4.25. The highest BCUT2D eigenvalue weighted by Crippen LogP contribution is 2.13. The van der Waals surface area contributed by atoms with Crippen LogP contribution in [0.15, 0.2) is 12.1 Å². The zero-order valence-electron chi connectivity index (χ0n) is 7.13. The van der Waals surface area contributed by atoms with Crippen molar-refractivity contribution in [3.05, 3.63) is 29.6 Å². The first-order chi connectivity index (χ1) is 6.15. The van der Waals surface area contributed by atoms with Crippen molar-refractivity contribution in [1.82, 2.24) is 4.98 Å². The number of methoxy groups -OCH3 is 1. The molecule has 0 spiro atoms. The Bertz CT molecular complexity index is 293. The molecular weight excluding hydrogens is 178 g/mol. The summed E-state index contributed by atoms with van der Waals surface area (Å²) in [6.45, 7) is 0.171. The molecule has 13 heavy (non-hydrogen) atoms. The van der Waals surface area contributed by atoms with E-state index in [0.717, 1.165) is 6.07 Å². The predicted molar refractivity (Wildman–Crippen MR) is 43.0 cm³/mol. The highest BCUT2D eigenvalue weighted by molar-refractivity contribution is 5.15. The van der Waals surface area contributed by atoms with Crippen LogP contribution in [-0.2, 0) is 4.74 Å². The molecule has 1 atom stereocenters. The van der Waals surface area contributed by atoms with E-state index in [1.165, 1.54) is 13.2 Å². The van der Waals surface area contributed by atoms with Gasteiger partial charge in [-0.2, -0.15) is 13.8 Å². The SMILES string of the molecule is COC[C@@H](N)c1ccc(F)nc1F. The highest BCUT2D eigenvalue weighted by atomic mass is 19.1. The van der Waals surface area contributed by atoms with Crippen LogP contribution >= 0.6 is 0 Å². The van der Waals surface area contributed by atoms with Crippen LogP contribution in [0.5, 0.6) is 0 Å². The lowest BCUT2D eigenvalue weighted by Gasteiger charge is -2.10. The number of hydrogen-bond acceptors (Lipinski definition) is 3. The zero-order chi connectivity index (χ0) is 9.84. The summed E-state index contributed by atoms with van der Waals surface area (Å²) in [5, 5.41) is 0. The summed E-state index contributed by atoms with van der Waals surface area (Å²) in [6, 6.07) is 1.72. The Morgan fingerprint density at radius 2 is 2.23 bits per heavy atom. The second-order valence-corrected chi connectivity index (χ2v) is 2.58. The molecule has 0 fully saturated rings. The molecule has 0 aliphatic rings. The number of hydrogen-bond donors (Lipinski definition) is 1. The minimum absolute atomic E-state index is 0.156. The molecule has 3 nitrogen and oxygen atoms in total. The van der Waals surface area contributed by atoms with E-state index in [9.17, 15) is 8.78 Å². The number of rotatable bonds is 3. The summed E-state index contributed by atoms with van der Waals surface area (Å²) in [5.74, 6) is -1.74. The highest BCUT2D eigenvalue weighted by Gasteiger charge is 2.12. The predicted octanol–water partition coefficient (Wildman–Crippen LogP) is 1.01.